The fourth-order valence-corrected chi connectivity index (χ4v) is 5.81. The summed E-state index contributed by atoms with van der Waals surface area (Å²) in [5.74, 6) is 0.0767. The van der Waals surface area contributed by atoms with Gasteiger partial charge in [0.1, 0.15) is 11.6 Å². The van der Waals surface area contributed by atoms with Crippen LogP contribution in [-0.4, -0.2) is 41.0 Å². The van der Waals surface area contributed by atoms with Gasteiger partial charge in [-0.05, 0) is 77.0 Å². The average molecular weight is 522 g/mol. The molecule has 0 spiro atoms. The number of carbonyl (C=O) groups is 2. The highest BCUT2D eigenvalue weighted by atomic mass is 16.7. The first kappa shape index (κ1) is 29.6. The summed E-state index contributed by atoms with van der Waals surface area (Å²) >= 11 is 0. The third-order valence-electron chi connectivity index (χ3n) is 7.40. The zero-order chi connectivity index (χ0) is 27.2. The van der Waals surface area contributed by atoms with E-state index in [1.165, 1.54) is 6.42 Å². The second-order valence-corrected chi connectivity index (χ2v) is 13.4. The molecule has 8 heteroatoms. The van der Waals surface area contributed by atoms with Crippen LogP contribution in [-0.2, 0) is 24.0 Å². The summed E-state index contributed by atoms with van der Waals surface area (Å²) in [5, 5.41) is 13.9. The van der Waals surface area contributed by atoms with Gasteiger partial charge in [0.05, 0.1) is 12.3 Å². The number of aliphatic hydroxyl groups is 1. The van der Waals surface area contributed by atoms with E-state index in [0.717, 1.165) is 44.9 Å². The molecule has 2 fully saturated rings. The molecule has 0 aromatic rings. The summed E-state index contributed by atoms with van der Waals surface area (Å²) in [5.41, 5.74) is 2.16. The summed E-state index contributed by atoms with van der Waals surface area (Å²) in [6.07, 6.45) is 9.66. The molecule has 0 aromatic carbocycles. The number of hydrogen-bond acceptors (Lipinski definition) is 7. The number of ether oxygens (including phenoxy) is 1. The first-order valence-electron chi connectivity index (χ1n) is 14.2. The van der Waals surface area contributed by atoms with Crippen molar-refractivity contribution < 1.29 is 34.6 Å². The van der Waals surface area contributed by atoms with Crippen LogP contribution in [0.5, 0.6) is 0 Å². The molecule has 0 bridgehead atoms. The fourth-order valence-electron chi connectivity index (χ4n) is 5.81. The van der Waals surface area contributed by atoms with Crippen molar-refractivity contribution in [2.75, 3.05) is 6.61 Å². The van der Waals surface area contributed by atoms with Gasteiger partial charge < -0.3 is 9.84 Å². The largest absolute Gasteiger partial charge is 0.460 e. The molecule has 0 saturated heterocycles. The molecule has 3 aliphatic rings. The van der Waals surface area contributed by atoms with E-state index in [-0.39, 0.29) is 36.4 Å². The van der Waals surface area contributed by atoms with Crippen molar-refractivity contribution in [3.63, 3.8) is 0 Å². The highest BCUT2D eigenvalue weighted by molar-refractivity contribution is 6.21. The topological polar surface area (TPSA) is 113 Å². The molecule has 3 N–H and O–H groups in total. The standard InChI is InChI=1S/C29H48N2O6/c1-28(2,3)18-19-15-21(16-19)26-24(27(34)37-30-22-12-8-7-9-13-22)25(31-36-26)20(11-10-14-32)17-23(33)35-29(4,5)6/h19-22,30,32H,7-18H2,1-6H3/q+1/p+1. The Kier molecular flexibility index (Phi) is 10.2. The summed E-state index contributed by atoms with van der Waals surface area (Å²) in [6.45, 7) is 12.2. The third kappa shape index (κ3) is 9.10. The first-order valence-corrected chi connectivity index (χ1v) is 14.2. The predicted molar refractivity (Wildman–Crippen MR) is 141 cm³/mol. The lowest BCUT2D eigenvalue weighted by Crippen LogP contribution is -2.90. The molecule has 8 nitrogen and oxygen atoms in total. The second-order valence-electron chi connectivity index (χ2n) is 13.4. The predicted octanol–water partition coefficient (Wildman–Crippen LogP) is 3.90. The minimum Gasteiger partial charge on any atom is -0.460 e. The van der Waals surface area contributed by atoms with Gasteiger partial charge in [0.2, 0.25) is 5.76 Å². The molecular formula is C29H49N2O6+2. The highest BCUT2D eigenvalue weighted by Gasteiger charge is 2.51. The molecule has 1 radical (unpaired) electrons. The van der Waals surface area contributed by atoms with Gasteiger partial charge >= 0.3 is 22.8 Å². The summed E-state index contributed by atoms with van der Waals surface area (Å²) in [7, 11) is 0. The van der Waals surface area contributed by atoms with Crippen LogP contribution in [0.15, 0.2) is 11.3 Å². The van der Waals surface area contributed by atoms with Crippen LogP contribution in [0.25, 0.3) is 0 Å². The van der Waals surface area contributed by atoms with Crippen molar-refractivity contribution in [2.45, 2.75) is 124 Å². The van der Waals surface area contributed by atoms with E-state index in [1.54, 1.807) is 5.48 Å². The molecule has 209 valence electrons. The normalized spacial score (nSPS) is 23.7. The molecule has 0 amide bonds. The van der Waals surface area contributed by atoms with Crippen molar-refractivity contribution in [3.8, 4) is 0 Å². The van der Waals surface area contributed by atoms with E-state index < -0.39 is 17.5 Å². The molecule has 0 aromatic heterocycles. The van der Waals surface area contributed by atoms with Crippen molar-refractivity contribution in [1.29, 1.82) is 0 Å². The maximum Gasteiger partial charge on any atom is 0.407 e. The Hall–Kier alpha value is -1.93. The van der Waals surface area contributed by atoms with E-state index >= 15 is 0 Å². The van der Waals surface area contributed by atoms with Gasteiger partial charge in [-0.2, -0.15) is 10.3 Å². The van der Waals surface area contributed by atoms with Crippen molar-refractivity contribution in [2.24, 2.45) is 23.2 Å². The number of hydrogen-bond donors (Lipinski definition) is 2. The van der Waals surface area contributed by atoms with E-state index in [0.29, 0.717) is 35.8 Å². The van der Waals surface area contributed by atoms with E-state index in [9.17, 15) is 14.7 Å². The smallest absolute Gasteiger partial charge is 0.407 e. The van der Waals surface area contributed by atoms with E-state index in [2.05, 4.69) is 25.9 Å². The first-order chi connectivity index (χ1) is 17.4. The quantitative estimate of drug-likeness (QED) is 0.315. The van der Waals surface area contributed by atoms with Gasteiger partial charge in [-0.15, -0.1) is 0 Å². The van der Waals surface area contributed by atoms with Crippen LogP contribution >= 0.6 is 0 Å². The molecule has 1 atom stereocenters. The Morgan fingerprint density at radius 1 is 1.11 bits per heavy atom. The zero-order valence-electron chi connectivity index (χ0n) is 23.8. The average Bonchev–Trinajstić information content (AvgIpc) is 3.20. The SMILES string of the molecule is CC(C)(C)CC1CC(C2=C(C(=O)O[NH2+]C3CCCCC3)C(C(CCCO)CC(=O)OC(C)(C)C)=[N+]O2)C1. The Bertz CT molecular complexity index is 855. The van der Waals surface area contributed by atoms with Gasteiger partial charge in [-0.1, -0.05) is 27.2 Å². The molecule has 2 aliphatic carbocycles. The molecule has 37 heavy (non-hydrogen) atoms. The van der Waals surface area contributed by atoms with Crippen LogP contribution in [0.2, 0.25) is 0 Å². The van der Waals surface area contributed by atoms with Crippen LogP contribution in [0, 0.1) is 23.2 Å². The summed E-state index contributed by atoms with van der Waals surface area (Å²) in [4.78, 5) is 37.9. The van der Waals surface area contributed by atoms with Crippen LogP contribution in [0.4, 0.5) is 0 Å². The Morgan fingerprint density at radius 2 is 1.78 bits per heavy atom. The molecule has 2 saturated carbocycles. The summed E-state index contributed by atoms with van der Waals surface area (Å²) < 4.78 is 5.56. The highest BCUT2D eigenvalue weighted by Crippen LogP contribution is 2.46. The van der Waals surface area contributed by atoms with Gasteiger partial charge in [-0.25, -0.2) is 4.79 Å². The van der Waals surface area contributed by atoms with Crippen molar-refractivity contribution >= 4 is 17.7 Å². The number of nitrogens with two attached hydrogens (primary N) is 1. The van der Waals surface area contributed by atoms with Crippen molar-refractivity contribution in [3.05, 3.63) is 11.3 Å². The van der Waals surface area contributed by atoms with Gasteiger partial charge in [0.25, 0.3) is 0 Å². The Balaban J connectivity index is 1.79. The lowest BCUT2D eigenvalue weighted by Gasteiger charge is -2.37. The van der Waals surface area contributed by atoms with Gasteiger partial charge in [-0.3, -0.25) is 9.63 Å². The maximum absolute atomic E-state index is 13.5. The number of esters is 1. The number of aliphatic hydroxyl groups excluding tert-OH is 1. The van der Waals surface area contributed by atoms with Crippen LogP contribution in [0.1, 0.15) is 112 Å². The Morgan fingerprint density at radius 3 is 2.38 bits per heavy atom. The fraction of sp³-hybridized carbons (Fsp3) is 0.828. The second kappa shape index (κ2) is 12.7. The number of quaternary nitrogens is 1. The number of carbonyl (C=O) groups excluding carboxylic acids is 2. The van der Waals surface area contributed by atoms with Crippen LogP contribution < -0.4 is 10.6 Å². The van der Waals surface area contributed by atoms with Gasteiger partial charge in [0.15, 0.2) is 5.57 Å². The molecule has 1 heterocycles. The third-order valence-corrected chi connectivity index (χ3v) is 7.40. The molecular weight excluding hydrogens is 472 g/mol. The number of hydroxylamine groups is 1. The number of nitrogens with zero attached hydrogens (tertiary/aromatic N) is 1. The minimum atomic E-state index is -0.613. The lowest BCUT2D eigenvalue weighted by atomic mass is 9.67. The maximum atomic E-state index is 13.5. The molecule has 3 rings (SSSR count). The van der Waals surface area contributed by atoms with E-state index in [1.807, 2.05) is 20.8 Å². The Labute approximate surface area is 222 Å². The van der Waals surface area contributed by atoms with Crippen molar-refractivity contribution in [1.82, 2.24) is 5.16 Å². The number of oxime groups is 1. The lowest BCUT2D eigenvalue weighted by molar-refractivity contribution is -0.896. The van der Waals surface area contributed by atoms with Gasteiger partial charge in [0, 0.05) is 25.4 Å². The molecule has 1 aliphatic heterocycles. The number of rotatable bonds is 11. The number of allylic oxidation sites excluding steroid dienone is 1. The minimum absolute atomic E-state index is 0.0120. The molecule has 1 unspecified atom stereocenters. The monoisotopic (exact) mass is 521 g/mol. The van der Waals surface area contributed by atoms with Crippen LogP contribution in [0.3, 0.4) is 0 Å². The summed E-state index contributed by atoms with van der Waals surface area (Å²) in [6, 6.07) is 0.274. The zero-order valence-corrected chi connectivity index (χ0v) is 23.8. The van der Waals surface area contributed by atoms with E-state index in [4.69, 9.17) is 14.4 Å².